The van der Waals surface area contributed by atoms with Gasteiger partial charge in [0.25, 0.3) is 0 Å². The van der Waals surface area contributed by atoms with Crippen molar-refractivity contribution in [1.82, 2.24) is 9.97 Å². The number of aromatic nitrogens is 2. The Labute approximate surface area is 275 Å². The summed E-state index contributed by atoms with van der Waals surface area (Å²) in [4.78, 5) is 8.05. The molecule has 0 aliphatic heterocycles. The lowest BCUT2D eigenvalue weighted by molar-refractivity contribution is -0.141. The van der Waals surface area contributed by atoms with Crippen LogP contribution in [0, 0.1) is 66.1 Å². The standard InChI is InChI=1S/C38H19F3N6O2/c1-18-8-23(9-19(2)46-18)21-4-6-27-29(11-21)48-36-33(26(16-44)17-45)35-28-7-5-22(24-10-20(3)47-31(13-24)38(39,40)41)12-30(28)49-37(35)32(34(27)36)25(14-42)15-43/h4-13H,1-3H3. The molecular formula is C38H19F3N6O2. The number of rotatable bonds is 2. The maximum Gasteiger partial charge on any atom is 0.433 e. The van der Waals surface area contributed by atoms with Crippen molar-refractivity contribution >= 4 is 55.0 Å². The van der Waals surface area contributed by atoms with Crippen molar-refractivity contribution in [3.8, 4) is 46.5 Å². The monoisotopic (exact) mass is 648 g/mol. The van der Waals surface area contributed by atoms with E-state index >= 15 is 0 Å². The lowest BCUT2D eigenvalue weighted by Crippen LogP contribution is -2.16. The third-order valence-corrected chi connectivity index (χ3v) is 8.27. The van der Waals surface area contributed by atoms with Crippen LogP contribution in [-0.2, 0) is 6.18 Å². The Balaban J connectivity index is 1.64. The molecule has 0 radical (unpaired) electrons. The molecule has 0 spiro atoms. The van der Waals surface area contributed by atoms with Gasteiger partial charge in [0.1, 0.15) is 63.4 Å². The number of benzene rings is 3. The highest BCUT2D eigenvalue weighted by Crippen LogP contribution is 2.37. The first-order valence-corrected chi connectivity index (χ1v) is 14.7. The van der Waals surface area contributed by atoms with E-state index in [0.29, 0.717) is 27.3 Å². The molecule has 0 bridgehead atoms. The van der Waals surface area contributed by atoms with Crippen molar-refractivity contribution in [3.63, 3.8) is 0 Å². The minimum Gasteiger partial charge on any atom is -0.455 e. The number of hydrogen-bond acceptors (Lipinski definition) is 8. The van der Waals surface area contributed by atoms with E-state index in [1.165, 1.54) is 19.1 Å². The van der Waals surface area contributed by atoms with Gasteiger partial charge >= 0.3 is 6.18 Å². The predicted octanol–water partition coefficient (Wildman–Crippen LogP) is 7.95. The molecule has 0 saturated carbocycles. The van der Waals surface area contributed by atoms with E-state index in [2.05, 4.69) is 9.97 Å². The summed E-state index contributed by atoms with van der Waals surface area (Å²) in [5.74, 6) is 0. The molecule has 49 heavy (non-hydrogen) atoms. The van der Waals surface area contributed by atoms with Crippen LogP contribution in [-0.4, -0.2) is 9.97 Å². The average Bonchev–Trinajstić information content (AvgIpc) is 3.63. The van der Waals surface area contributed by atoms with Crippen LogP contribution in [0.15, 0.2) is 69.5 Å². The first-order valence-electron chi connectivity index (χ1n) is 14.7. The first kappa shape index (κ1) is 30.7. The Kier molecular flexibility index (Phi) is 6.95. The number of nitrogens with zero attached hydrogens (tertiary/aromatic N) is 6. The van der Waals surface area contributed by atoms with Gasteiger partial charge in [0, 0.05) is 38.6 Å². The highest BCUT2D eigenvalue weighted by atomic mass is 19.4. The molecule has 234 valence electrons. The largest absolute Gasteiger partial charge is 0.455 e. The predicted molar refractivity (Wildman–Crippen MR) is 175 cm³/mol. The van der Waals surface area contributed by atoms with E-state index in [0.717, 1.165) is 28.6 Å². The van der Waals surface area contributed by atoms with Crippen LogP contribution in [0.3, 0.4) is 0 Å². The van der Waals surface area contributed by atoms with Gasteiger partial charge in [-0.3, -0.25) is 4.98 Å². The zero-order chi connectivity index (χ0) is 34.8. The number of pyridine rings is 2. The molecule has 8 nitrogen and oxygen atoms in total. The lowest BCUT2D eigenvalue weighted by atomic mass is 9.97. The van der Waals surface area contributed by atoms with E-state index in [-0.39, 0.29) is 55.0 Å². The van der Waals surface area contributed by atoms with E-state index in [9.17, 15) is 34.2 Å². The van der Waals surface area contributed by atoms with Gasteiger partial charge in [0.15, 0.2) is 0 Å². The van der Waals surface area contributed by atoms with Crippen molar-refractivity contribution in [2.75, 3.05) is 0 Å². The number of alkyl halides is 3. The minimum absolute atomic E-state index is 0.0461. The molecule has 0 unspecified atom stereocenters. The smallest absolute Gasteiger partial charge is 0.433 e. The second-order valence-electron chi connectivity index (χ2n) is 11.5. The van der Waals surface area contributed by atoms with Gasteiger partial charge in [-0.2, -0.15) is 34.2 Å². The fourth-order valence-electron chi connectivity index (χ4n) is 6.36. The zero-order valence-corrected chi connectivity index (χ0v) is 25.9. The molecule has 0 saturated heterocycles. The summed E-state index contributed by atoms with van der Waals surface area (Å²) in [6.45, 7) is 5.23. The molecule has 7 aromatic rings. The molecule has 0 fully saturated rings. The van der Waals surface area contributed by atoms with Crippen molar-refractivity contribution in [3.05, 3.63) is 93.9 Å². The number of furan rings is 2. The molecule has 0 atom stereocenters. The number of halogens is 3. The van der Waals surface area contributed by atoms with Crippen LogP contribution < -0.4 is 10.4 Å². The fourth-order valence-corrected chi connectivity index (χ4v) is 6.36. The summed E-state index contributed by atoms with van der Waals surface area (Å²) in [5.41, 5.74) is 3.17. The lowest BCUT2D eigenvalue weighted by Gasteiger charge is -2.10. The summed E-state index contributed by atoms with van der Waals surface area (Å²) in [5, 5.41) is 42.1. The van der Waals surface area contributed by atoms with E-state index < -0.39 is 11.9 Å². The van der Waals surface area contributed by atoms with Gasteiger partial charge in [-0.15, -0.1) is 0 Å². The third-order valence-electron chi connectivity index (χ3n) is 8.27. The summed E-state index contributed by atoms with van der Waals surface area (Å²) in [7, 11) is 0. The summed E-state index contributed by atoms with van der Waals surface area (Å²) in [6.07, 6.45) is -4.66. The van der Waals surface area contributed by atoms with Gasteiger partial charge in [0.2, 0.25) is 0 Å². The molecule has 0 N–H and O–H groups in total. The van der Waals surface area contributed by atoms with Crippen LogP contribution >= 0.6 is 0 Å². The van der Waals surface area contributed by atoms with Crippen LogP contribution in [0.4, 0.5) is 13.2 Å². The van der Waals surface area contributed by atoms with Crippen molar-refractivity contribution in [2.45, 2.75) is 26.9 Å². The molecule has 3 aromatic carbocycles. The van der Waals surface area contributed by atoms with Crippen molar-refractivity contribution in [1.29, 1.82) is 21.0 Å². The molecule has 0 aliphatic carbocycles. The fraction of sp³-hybridized carbons (Fsp3) is 0.105. The van der Waals surface area contributed by atoms with Crippen LogP contribution in [0.2, 0.25) is 0 Å². The van der Waals surface area contributed by atoms with Gasteiger partial charge in [-0.1, -0.05) is 12.1 Å². The van der Waals surface area contributed by atoms with Crippen LogP contribution in [0.5, 0.6) is 0 Å². The van der Waals surface area contributed by atoms with E-state index in [1.807, 2.05) is 56.3 Å². The Morgan fingerprint density at radius 3 is 1.39 bits per heavy atom. The molecule has 0 aliphatic rings. The Morgan fingerprint density at radius 2 is 0.980 bits per heavy atom. The van der Waals surface area contributed by atoms with Crippen LogP contribution in [0.1, 0.15) is 22.8 Å². The number of aryl methyl sites for hydroxylation is 3. The SMILES string of the molecule is Cc1cc(-c2ccc3c(c2)oc2c(=C(C#N)C#N)c4c(oc5cc(-c6cc(C)nc(C(F)(F)F)c6)ccc54)c(=C(C#N)C#N)c23)cc(C)n1. The normalized spacial score (nSPS) is 11.4. The summed E-state index contributed by atoms with van der Waals surface area (Å²) in [6, 6.07) is 24.2. The van der Waals surface area contributed by atoms with E-state index in [1.54, 1.807) is 24.3 Å². The Bertz CT molecular complexity index is 2820. The number of nitriles is 4. The topological polar surface area (TPSA) is 147 Å². The molecule has 7 rings (SSSR count). The Morgan fingerprint density at radius 1 is 0.571 bits per heavy atom. The molecule has 0 amide bonds. The van der Waals surface area contributed by atoms with Gasteiger partial charge in [-0.05, 0) is 91.6 Å². The maximum atomic E-state index is 13.6. The van der Waals surface area contributed by atoms with Crippen molar-refractivity contribution < 1.29 is 22.0 Å². The quantitative estimate of drug-likeness (QED) is 0.183. The first-order chi connectivity index (χ1) is 23.4. The van der Waals surface area contributed by atoms with Crippen molar-refractivity contribution in [2.24, 2.45) is 0 Å². The van der Waals surface area contributed by atoms with E-state index in [4.69, 9.17) is 8.83 Å². The summed E-state index contributed by atoms with van der Waals surface area (Å²) >= 11 is 0. The highest BCUT2D eigenvalue weighted by molar-refractivity contribution is 6.18. The maximum absolute atomic E-state index is 13.6. The highest BCUT2D eigenvalue weighted by Gasteiger charge is 2.33. The van der Waals surface area contributed by atoms with Gasteiger partial charge < -0.3 is 8.83 Å². The third kappa shape index (κ3) is 4.90. The molecule has 4 aromatic heterocycles. The second kappa shape index (κ2) is 11.1. The minimum atomic E-state index is -4.66. The summed E-state index contributed by atoms with van der Waals surface area (Å²) < 4.78 is 53.5. The van der Waals surface area contributed by atoms with Crippen LogP contribution in [0.25, 0.3) is 77.3 Å². The number of fused-ring (bicyclic) bond motifs is 6. The Hall–Kier alpha value is -6.95. The van der Waals surface area contributed by atoms with Gasteiger partial charge in [0.05, 0.1) is 10.4 Å². The average molecular weight is 649 g/mol. The number of hydrogen-bond donors (Lipinski definition) is 0. The molecule has 4 heterocycles. The van der Waals surface area contributed by atoms with Gasteiger partial charge in [-0.25, -0.2) is 4.98 Å². The second-order valence-corrected chi connectivity index (χ2v) is 11.5. The zero-order valence-electron chi connectivity index (χ0n) is 25.9. The molecule has 11 heteroatoms. The molecular weight excluding hydrogens is 629 g/mol.